The van der Waals surface area contributed by atoms with Crippen molar-refractivity contribution >= 4 is 11.8 Å². The van der Waals surface area contributed by atoms with E-state index in [9.17, 15) is 9.59 Å². The van der Waals surface area contributed by atoms with Crippen LogP contribution in [0.15, 0.2) is 31.0 Å². The maximum atomic E-state index is 13.8. The van der Waals surface area contributed by atoms with Crippen molar-refractivity contribution in [3.63, 3.8) is 0 Å². The molecule has 1 aromatic rings. The number of carbonyl (C=O) groups excluding carboxylic acids is 2. The quantitative estimate of drug-likeness (QED) is 0.614. The van der Waals surface area contributed by atoms with Crippen molar-refractivity contribution in [2.24, 2.45) is 30.2 Å². The first-order chi connectivity index (χ1) is 14.5. The molecule has 0 N–H and O–H groups in total. The van der Waals surface area contributed by atoms with Gasteiger partial charge >= 0.3 is 0 Å². The molecular formula is C25H35N3O2. The highest BCUT2D eigenvalue weighted by molar-refractivity contribution is 5.88. The van der Waals surface area contributed by atoms with Crippen LogP contribution in [0, 0.1) is 23.2 Å². The number of nitrogens with zero attached hydrogens (tertiary/aromatic N) is 3. The molecule has 6 rings (SSSR count). The van der Waals surface area contributed by atoms with E-state index in [-0.39, 0.29) is 23.8 Å². The predicted octanol–water partition coefficient (Wildman–Crippen LogP) is 3.75. The highest BCUT2D eigenvalue weighted by Gasteiger charge is 2.55. The number of aryl methyl sites for hydroxylation is 1. The Kier molecular flexibility index (Phi) is 5.03. The van der Waals surface area contributed by atoms with Crippen LogP contribution < -0.4 is 0 Å². The van der Waals surface area contributed by atoms with Crippen LogP contribution in [0.4, 0.5) is 0 Å². The van der Waals surface area contributed by atoms with Crippen molar-refractivity contribution in [1.82, 2.24) is 14.4 Å². The number of aromatic nitrogens is 1. The number of rotatable bonds is 8. The summed E-state index contributed by atoms with van der Waals surface area (Å²) >= 11 is 0. The van der Waals surface area contributed by atoms with Gasteiger partial charge in [0.05, 0.1) is 12.0 Å². The molecule has 4 bridgehead atoms. The highest BCUT2D eigenvalue weighted by atomic mass is 16.2. The molecule has 5 heteroatoms. The van der Waals surface area contributed by atoms with Gasteiger partial charge in [0.15, 0.2) is 0 Å². The molecule has 0 unspecified atom stereocenters. The lowest BCUT2D eigenvalue weighted by Gasteiger charge is -2.56. The van der Waals surface area contributed by atoms with Crippen LogP contribution in [0.3, 0.4) is 0 Å². The molecule has 0 spiro atoms. The Hall–Kier alpha value is -2.04. The van der Waals surface area contributed by atoms with Crippen molar-refractivity contribution in [3.8, 4) is 0 Å². The zero-order valence-corrected chi connectivity index (χ0v) is 18.3. The summed E-state index contributed by atoms with van der Waals surface area (Å²) < 4.78 is 2.07. The van der Waals surface area contributed by atoms with Crippen molar-refractivity contribution in [2.45, 2.75) is 64.0 Å². The third kappa shape index (κ3) is 3.61. The van der Waals surface area contributed by atoms with Crippen LogP contribution in [-0.4, -0.2) is 45.3 Å². The van der Waals surface area contributed by atoms with Crippen LogP contribution in [0.25, 0.3) is 0 Å². The molecule has 2 amide bonds. The van der Waals surface area contributed by atoms with E-state index in [1.54, 1.807) is 6.08 Å². The molecule has 0 aliphatic heterocycles. The lowest BCUT2D eigenvalue weighted by molar-refractivity contribution is -0.159. The Morgan fingerprint density at radius 2 is 1.80 bits per heavy atom. The molecule has 5 aliphatic rings. The molecule has 0 atom stereocenters. The minimum Gasteiger partial charge on any atom is -0.353 e. The maximum Gasteiger partial charge on any atom is 0.242 e. The molecule has 0 aromatic carbocycles. The average molecular weight is 410 g/mol. The zero-order valence-electron chi connectivity index (χ0n) is 18.3. The van der Waals surface area contributed by atoms with E-state index in [2.05, 4.69) is 17.2 Å². The van der Waals surface area contributed by atoms with E-state index in [4.69, 9.17) is 0 Å². The fourth-order valence-corrected chi connectivity index (χ4v) is 6.98. The molecule has 5 aliphatic carbocycles. The lowest BCUT2D eigenvalue weighted by Crippen LogP contribution is -2.56. The second kappa shape index (κ2) is 7.58. The van der Waals surface area contributed by atoms with Crippen LogP contribution in [-0.2, 0) is 23.2 Å². The fraction of sp³-hybridized carbons (Fsp3) is 0.680. The summed E-state index contributed by atoms with van der Waals surface area (Å²) in [7, 11) is 2.02. The van der Waals surface area contributed by atoms with Gasteiger partial charge in [-0.25, -0.2) is 0 Å². The van der Waals surface area contributed by atoms with Crippen LogP contribution in [0.5, 0.6) is 0 Å². The van der Waals surface area contributed by atoms with E-state index in [0.29, 0.717) is 19.1 Å². The Bertz CT molecular complexity index is 802. The van der Waals surface area contributed by atoms with Gasteiger partial charge in [-0.3, -0.25) is 9.59 Å². The molecule has 5 saturated carbocycles. The largest absolute Gasteiger partial charge is 0.353 e. The average Bonchev–Trinajstić information content (AvgIpc) is 3.46. The summed E-state index contributed by atoms with van der Waals surface area (Å²) in [5, 5.41) is 0. The van der Waals surface area contributed by atoms with E-state index >= 15 is 0 Å². The smallest absolute Gasteiger partial charge is 0.242 e. The number of amides is 2. The van der Waals surface area contributed by atoms with Gasteiger partial charge in [-0.1, -0.05) is 6.08 Å². The van der Waals surface area contributed by atoms with E-state index in [1.165, 1.54) is 19.3 Å². The molecule has 0 saturated heterocycles. The van der Waals surface area contributed by atoms with E-state index < -0.39 is 0 Å². The van der Waals surface area contributed by atoms with Gasteiger partial charge < -0.3 is 14.4 Å². The van der Waals surface area contributed by atoms with E-state index in [1.807, 2.05) is 29.1 Å². The summed E-state index contributed by atoms with van der Waals surface area (Å²) in [6.45, 7) is 5.16. The SMILES string of the molecule is C=CCN(CC(=O)N(Cc1cccn1C)C1CC1)C(=O)C12CC3CC(CC(C3)C1)C2. The Morgan fingerprint density at radius 1 is 1.17 bits per heavy atom. The first kappa shape index (κ1) is 19.9. The van der Waals surface area contributed by atoms with Gasteiger partial charge in [-0.2, -0.15) is 0 Å². The summed E-state index contributed by atoms with van der Waals surface area (Å²) in [4.78, 5) is 31.0. The monoisotopic (exact) mass is 409 g/mol. The molecule has 5 fully saturated rings. The molecule has 30 heavy (non-hydrogen) atoms. The first-order valence-electron chi connectivity index (χ1n) is 11.8. The topological polar surface area (TPSA) is 45.6 Å². The minimum atomic E-state index is -0.208. The fourth-order valence-electron chi connectivity index (χ4n) is 6.98. The van der Waals surface area contributed by atoms with Crippen molar-refractivity contribution in [1.29, 1.82) is 0 Å². The summed E-state index contributed by atoms with van der Waals surface area (Å²) in [5.41, 5.74) is 0.929. The van der Waals surface area contributed by atoms with Crippen LogP contribution >= 0.6 is 0 Å². The molecule has 162 valence electrons. The second-order valence-corrected chi connectivity index (χ2v) is 10.5. The van der Waals surface area contributed by atoms with Gasteiger partial charge in [0.1, 0.15) is 6.54 Å². The first-order valence-corrected chi connectivity index (χ1v) is 11.8. The minimum absolute atomic E-state index is 0.0821. The molecule has 5 nitrogen and oxygen atoms in total. The normalized spacial score (nSPS) is 31.6. The maximum absolute atomic E-state index is 13.8. The number of carbonyl (C=O) groups is 2. The van der Waals surface area contributed by atoms with Crippen molar-refractivity contribution in [3.05, 3.63) is 36.7 Å². The van der Waals surface area contributed by atoms with Crippen LogP contribution in [0.1, 0.15) is 57.1 Å². The molecule has 1 aromatic heterocycles. The van der Waals surface area contributed by atoms with Gasteiger partial charge in [0.2, 0.25) is 11.8 Å². The predicted molar refractivity (Wildman–Crippen MR) is 116 cm³/mol. The Morgan fingerprint density at radius 3 is 2.30 bits per heavy atom. The summed E-state index contributed by atoms with van der Waals surface area (Å²) in [6.07, 6.45) is 13.0. The Balaban J connectivity index is 1.32. The third-order valence-electron chi connectivity index (χ3n) is 8.15. The van der Waals surface area contributed by atoms with Crippen LogP contribution in [0.2, 0.25) is 0 Å². The van der Waals surface area contributed by atoms with Gasteiger partial charge in [-0.05, 0) is 81.3 Å². The molecule has 1 heterocycles. The van der Waals surface area contributed by atoms with Gasteiger partial charge in [0, 0.05) is 31.5 Å². The van der Waals surface area contributed by atoms with Gasteiger partial charge in [-0.15, -0.1) is 6.58 Å². The molecule has 0 radical (unpaired) electrons. The summed E-state index contributed by atoms with van der Waals surface area (Å²) in [5.74, 6) is 2.48. The number of hydrogen-bond acceptors (Lipinski definition) is 2. The standard InChI is InChI=1S/C25H35N3O2/c1-3-8-27(24(30)25-13-18-10-19(14-25)12-20(11-18)15-25)17-23(29)28(21-6-7-21)16-22-5-4-9-26(22)2/h3-5,9,18-21H,1,6-8,10-17H2,2H3. The third-order valence-corrected chi connectivity index (χ3v) is 8.15. The van der Waals surface area contributed by atoms with Gasteiger partial charge in [0.25, 0.3) is 0 Å². The lowest BCUT2D eigenvalue weighted by atomic mass is 9.49. The number of hydrogen-bond donors (Lipinski definition) is 0. The van der Waals surface area contributed by atoms with Crippen molar-refractivity contribution < 1.29 is 9.59 Å². The molecular weight excluding hydrogens is 374 g/mol. The van der Waals surface area contributed by atoms with E-state index in [0.717, 1.165) is 55.6 Å². The zero-order chi connectivity index (χ0) is 20.9. The highest BCUT2D eigenvalue weighted by Crippen LogP contribution is 2.60. The van der Waals surface area contributed by atoms with Crippen molar-refractivity contribution in [2.75, 3.05) is 13.1 Å². The Labute approximate surface area is 180 Å². The summed E-state index contributed by atoms with van der Waals surface area (Å²) in [6, 6.07) is 4.42. The second-order valence-electron chi connectivity index (χ2n) is 10.5.